The molecule has 2 nitrogen and oxygen atoms in total. The molecule has 0 aliphatic carbocycles. The third-order valence-electron chi connectivity index (χ3n) is 2.13. The SMILES string of the molecule is Cc1c(C#N)[nH]c2ccc(F)cc12. The molecule has 1 aromatic carbocycles. The Kier molecular flexibility index (Phi) is 1.56. The fourth-order valence-electron chi connectivity index (χ4n) is 1.41. The highest BCUT2D eigenvalue weighted by atomic mass is 19.1. The molecule has 64 valence electrons. The Balaban J connectivity index is 2.87. The number of fused-ring (bicyclic) bond motifs is 1. The lowest BCUT2D eigenvalue weighted by atomic mass is 10.1. The Bertz CT molecular complexity index is 505. The van der Waals surface area contributed by atoms with E-state index in [1.807, 2.05) is 6.07 Å². The quantitative estimate of drug-likeness (QED) is 0.654. The number of aromatic nitrogens is 1. The summed E-state index contributed by atoms with van der Waals surface area (Å²) in [5, 5.41) is 9.49. The molecule has 2 aromatic rings. The van der Waals surface area contributed by atoms with Gasteiger partial charge in [-0.15, -0.1) is 0 Å². The van der Waals surface area contributed by atoms with Crippen LogP contribution in [-0.4, -0.2) is 4.98 Å². The molecule has 0 unspecified atom stereocenters. The summed E-state index contributed by atoms with van der Waals surface area (Å²) in [5.74, 6) is -0.279. The van der Waals surface area contributed by atoms with Crippen molar-refractivity contribution >= 4 is 10.9 Å². The van der Waals surface area contributed by atoms with E-state index >= 15 is 0 Å². The molecule has 0 aliphatic heterocycles. The van der Waals surface area contributed by atoms with Crippen LogP contribution < -0.4 is 0 Å². The van der Waals surface area contributed by atoms with Gasteiger partial charge in [0.1, 0.15) is 17.6 Å². The highest BCUT2D eigenvalue weighted by molar-refractivity contribution is 5.85. The Morgan fingerprint density at radius 3 is 2.92 bits per heavy atom. The lowest BCUT2D eigenvalue weighted by Crippen LogP contribution is -1.74. The van der Waals surface area contributed by atoms with Crippen molar-refractivity contribution in [2.75, 3.05) is 0 Å². The van der Waals surface area contributed by atoms with Gasteiger partial charge in [-0.25, -0.2) is 4.39 Å². The lowest BCUT2D eigenvalue weighted by molar-refractivity contribution is 0.629. The number of aryl methyl sites for hydroxylation is 1. The van der Waals surface area contributed by atoms with Gasteiger partial charge in [-0.2, -0.15) is 5.26 Å². The van der Waals surface area contributed by atoms with E-state index in [9.17, 15) is 4.39 Å². The average molecular weight is 174 g/mol. The van der Waals surface area contributed by atoms with Gasteiger partial charge in [-0.3, -0.25) is 0 Å². The number of nitriles is 1. The summed E-state index contributed by atoms with van der Waals surface area (Å²) in [6.07, 6.45) is 0. The highest BCUT2D eigenvalue weighted by Crippen LogP contribution is 2.21. The third kappa shape index (κ3) is 1.07. The number of nitrogens with one attached hydrogen (secondary N) is 1. The Labute approximate surface area is 74.6 Å². The Morgan fingerprint density at radius 2 is 2.23 bits per heavy atom. The minimum absolute atomic E-state index is 0.279. The zero-order chi connectivity index (χ0) is 9.42. The van der Waals surface area contributed by atoms with Crippen molar-refractivity contribution in [2.45, 2.75) is 6.92 Å². The van der Waals surface area contributed by atoms with E-state index in [4.69, 9.17) is 5.26 Å². The second kappa shape index (κ2) is 2.60. The molecule has 0 fully saturated rings. The number of rotatable bonds is 0. The molecular weight excluding hydrogens is 167 g/mol. The van der Waals surface area contributed by atoms with E-state index in [1.54, 1.807) is 13.0 Å². The van der Waals surface area contributed by atoms with Crippen LogP contribution in [0.4, 0.5) is 4.39 Å². The van der Waals surface area contributed by atoms with Gasteiger partial charge in [-0.1, -0.05) is 0 Å². The Morgan fingerprint density at radius 1 is 1.46 bits per heavy atom. The van der Waals surface area contributed by atoms with E-state index in [-0.39, 0.29) is 5.82 Å². The maximum atomic E-state index is 12.8. The van der Waals surface area contributed by atoms with Crippen LogP contribution in [-0.2, 0) is 0 Å². The van der Waals surface area contributed by atoms with Crippen LogP contribution in [0.15, 0.2) is 18.2 Å². The van der Waals surface area contributed by atoms with E-state index in [2.05, 4.69) is 4.98 Å². The largest absolute Gasteiger partial charge is 0.346 e. The van der Waals surface area contributed by atoms with Crippen LogP contribution in [0.5, 0.6) is 0 Å². The average Bonchev–Trinajstić information content (AvgIpc) is 2.44. The van der Waals surface area contributed by atoms with Crippen LogP contribution in [0.2, 0.25) is 0 Å². The number of hydrogen-bond donors (Lipinski definition) is 1. The van der Waals surface area contributed by atoms with Gasteiger partial charge in [0, 0.05) is 10.9 Å². The maximum absolute atomic E-state index is 12.8. The van der Waals surface area contributed by atoms with E-state index < -0.39 is 0 Å². The van der Waals surface area contributed by atoms with Crippen LogP contribution in [0.3, 0.4) is 0 Å². The summed E-state index contributed by atoms with van der Waals surface area (Å²) in [4.78, 5) is 2.91. The van der Waals surface area contributed by atoms with Gasteiger partial charge in [0.2, 0.25) is 0 Å². The van der Waals surface area contributed by atoms with Crippen LogP contribution in [0.25, 0.3) is 10.9 Å². The van der Waals surface area contributed by atoms with Gasteiger partial charge >= 0.3 is 0 Å². The molecule has 0 amide bonds. The summed E-state index contributed by atoms with van der Waals surface area (Å²) in [7, 11) is 0. The molecule has 0 saturated carbocycles. The van der Waals surface area contributed by atoms with Crippen molar-refractivity contribution < 1.29 is 4.39 Å². The Hall–Kier alpha value is -1.82. The zero-order valence-corrected chi connectivity index (χ0v) is 7.06. The maximum Gasteiger partial charge on any atom is 0.123 e. The topological polar surface area (TPSA) is 39.6 Å². The van der Waals surface area contributed by atoms with Gasteiger partial charge in [0.25, 0.3) is 0 Å². The normalized spacial score (nSPS) is 10.2. The third-order valence-corrected chi connectivity index (χ3v) is 2.13. The lowest BCUT2D eigenvalue weighted by Gasteiger charge is -1.90. The molecule has 3 heteroatoms. The minimum atomic E-state index is -0.279. The van der Waals surface area contributed by atoms with Crippen LogP contribution in [0.1, 0.15) is 11.3 Å². The highest BCUT2D eigenvalue weighted by Gasteiger charge is 2.06. The van der Waals surface area contributed by atoms with E-state index in [0.29, 0.717) is 5.69 Å². The predicted octanol–water partition coefficient (Wildman–Crippen LogP) is 2.49. The number of benzene rings is 1. The van der Waals surface area contributed by atoms with Crippen molar-refractivity contribution in [2.24, 2.45) is 0 Å². The van der Waals surface area contributed by atoms with Crippen molar-refractivity contribution in [3.05, 3.63) is 35.3 Å². The van der Waals surface area contributed by atoms with Crippen LogP contribution >= 0.6 is 0 Å². The molecule has 0 atom stereocenters. The first-order valence-corrected chi connectivity index (χ1v) is 3.90. The van der Waals surface area contributed by atoms with Crippen molar-refractivity contribution in [3.8, 4) is 6.07 Å². The van der Waals surface area contributed by atoms with Crippen molar-refractivity contribution in [1.82, 2.24) is 4.98 Å². The predicted molar refractivity (Wildman–Crippen MR) is 47.7 cm³/mol. The summed E-state index contributed by atoms with van der Waals surface area (Å²) >= 11 is 0. The number of hydrogen-bond acceptors (Lipinski definition) is 1. The van der Waals surface area contributed by atoms with Gasteiger partial charge in [-0.05, 0) is 30.7 Å². The van der Waals surface area contributed by atoms with Gasteiger partial charge in [0.05, 0.1) is 0 Å². The van der Waals surface area contributed by atoms with Crippen molar-refractivity contribution in [3.63, 3.8) is 0 Å². The fourth-order valence-corrected chi connectivity index (χ4v) is 1.41. The first-order valence-electron chi connectivity index (χ1n) is 3.90. The summed E-state index contributed by atoms with van der Waals surface area (Å²) < 4.78 is 12.8. The molecule has 0 saturated heterocycles. The minimum Gasteiger partial charge on any atom is -0.346 e. The molecule has 0 radical (unpaired) electrons. The van der Waals surface area contributed by atoms with Crippen LogP contribution in [0, 0.1) is 24.1 Å². The molecule has 13 heavy (non-hydrogen) atoms. The molecule has 2 rings (SSSR count). The monoisotopic (exact) mass is 174 g/mol. The molecule has 1 heterocycles. The molecule has 0 aliphatic rings. The molecule has 1 N–H and O–H groups in total. The first-order chi connectivity index (χ1) is 6.22. The second-order valence-electron chi connectivity index (χ2n) is 2.93. The number of nitrogens with zero attached hydrogens (tertiary/aromatic N) is 1. The summed E-state index contributed by atoms with van der Waals surface area (Å²) in [6, 6.07) is 6.47. The van der Waals surface area contributed by atoms with E-state index in [1.165, 1.54) is 12.1 Å². The zero-order valence-electron chi connectivity index (χ0n) is 7.06. The fraction of sp³-hybridized carbons (Fsp3) is 0.100. The first kappa shape index (κ1) is 7.81. The smallest absolute Gasteiger partial charge is 0.123 e. The van der Waals surface area contributed by atoms with E-state index in [0.717, 1.165) is 16.5 Å². The summed E-state index contributed by atoms with van der Waals surface area (Å²) in [5.41, 5.74) is 2.10. The number of halogens is 1. The second-order valence-corrected chi connectivity index (χ2v) is 2.93. The molecule has 0 bridgehead atoms. The standard InChI is InChI=1S/C10H7FN2/c1-6-8-4-7(11)2-3-9(8)13-10(6)5-12/h2-4,13H,1H3. The molecule has 0 spiro atoms. The van der Waals surface area contributed by atoms with Gasteiger partial charge < -0.3 is 4.98 Å². The van der Waals surface area contributed by atoms with Gasteiger partial charge in [0.15, 0.2) is 0 Å². The molecule has 1 aromatic heterocycles. The number of aromatic amines is 1. The molecular formula is C10H7FN2. The van der Waals surface area contributed by atoms with Crippen molar-refractivity contribution in [1.29, 1.82) is 5.26 Å². The summed E-state index contributed by atoms with van der Waals surface area (Å²) in [6.45, 7) is 1.80. The number of H-pyrrole nitrogens is 1.